The molecule has 0 spiro atoms. The minimum atomic E-state index is -0.168. The van der Waals surface area contributed by atoms with Crippen molar-refractivity contribution in [3.63, 3.8) is 0 Å². The number of methoxy groups -OCH3 is 1. The molecule has 1 aliphatic heterocycles. The highest BCUT2D eigenvalue weighted by molar-refractivity contribution is 5.76. The van der Waals surface area contributed by atoms with Gasteiger partial charge in [-0.2, -0.15) is 0 Å². The molecule has 0 aromatic rings. The standard InChI is InChI=1S/C14H27N3O2/c1-4-12-9-17(8-7-16(12)2)10-13(14(18)19-3)15-11-5-6-11/h11-13,15H,4-10H2,1-3H3. The molecule has 0 aromatic carbocycles. The van der Waals surface area contributed by atoms with Crippen LogP contribution in [-0.2, 0) is 9.53 Å². The van der Waals surface area contributed by atoms with E-state index in [1.165, 1.54) is 20.0 Å². The molecule has 2 fully saturated rings. The summed E-state index contributed by atoms with van der Waals surface area (Å²) in [5.41, 5.74) is 0. The van der Waals surface area contributed by atoms with Gasteiger partial charge in [-0.15, -0.1) is 0 Å². The fourth-order valence-corrected chi connectivity index (χ4v) is 2.75. The third kappa shape index (κ3) is 4.16. The summed E-state index contributed by atoms with van der Waals surface area (Å²) < 4.78 is 4.92. The van der Waals surface area contributed by atoms with Crippen molar-refractivity contribution in [2.45, 2.75) is 44.3 Å². The fourth-order valence-electron chi connectivity index (χ4n) is 2.75. The molecule has 0 bridgehead atoms. The van der Waals surface area contributed by atoms with Gasteiger partial charge < -0.3 is 15.0 Å². The van der Waals surface area contributed by atoms with Crippen LogP contribution in [-0.4, -0.2) is 74.2 Å². The monoisotopic (exact) mass is 269 g/mol. The number of rotatable bonds is 6. The summed E-state index contributed by atoms with van der Waals surface area (Å²) in [7, 11) is 3.66. The van der Waals surface area contributed by atoms with Crippen LogP contribution in [0.15, 0.2) is 0 Å². The number of nitrogens with zero attached hydrogens (tertiary/aromatic N) is 2. The predicted molar refractivity (Wildman–Crippen MR) is 75.1 cm³/mol. The number of likely N-dealkylation sites (N-methyl/N-ethyl adjacent to an activating group) is 1. The Morgan fingerprint density at radius 2 is 2.16 bits per heavy atom. The first-order valence-corrected chi connectivity index (χ1v) is 7.40. The number of carbonyl (C=O) groups is 1. The quantitative estimate of drug-likeness (QED) is 0.703. The number of hydrogen-bond donors (Lipinski definition) is 1. The Balaban J connectivity index is 1.87. The first-order chi connectivity index (χ1) is 9.13. The topological polar surface area (TPSA) is 44.8 Å². The first kappa shape index (κ1) is 14.8. The fraction of sp³-hybridized carbons (Fsp3) is 0.929. The molecule has 2 rings (SSSR count). The summed E-state index contributed by atoms with van der Waals surface area (Å²) in [6, 6.07) is 0.963. The number of ether oxygens (including phenoxy) is 1. The smallest absolute Gasteiger partial charge is 0.324 e. The number of esters is 1. The minimum Gasteiger partial charge on any atom is -0.468 e. The van der Waals surface area contributed by atoms with Gasteiger partial charge in [0.25, 0.3) is 0 Å². The van der Waals surface area contributed by atoms with Crippen molar-refractivity contribution in [1.29, 1.82) is 0 Å². The van der Waals surface area contributed by atoms with Crippen LogP contribution < -0.4 is 5.32 Å². The summed E-state index contributed by atoms with van der Waals surface area (Å²) in [6.45, 7) is 6.16. The van der Waals surface area contributed by atoms with E-state index in [1.54, 1.807) is 0 Å². The van der Waals surface area contributed by atoms with Crippen molar-refractivity contribution in [2.24, 2.45) is 0 Å². The molecule has 5 nitrogen and oxygen atoms in total. The van der Waals surface area contributed by atoms with Crippen LogP contribution in [0.25, 0.3) is 0 Å². The Kier molecular flexibility index (Phi) is 5.19. The molecule has 1 saturated carbocycles. The van der Waals surface area contributed by atoms with Crippen molar-refractivity contribution in [3.8, 4) is 0 Å². The molecule has 0 radical (unpaired) electrons. The van der Waals surface area contributed by atoms with Crippen molar-refractivity contribution in [1.82, 2.24) is 15.1 Å². The number of piperazine rings is 1. The maximum atomic E-state index is 11.8. The maximum absolute atomic E-state index is 11.8. The van der Waals surface area contributed by atoms with E-state index in [2.05, 4.69) is 29.1 Å². The van der Waals surface area contributed by atoms with Crippen molar-refractivity contribution in [2.75, 3.05) is 40.3 Å². The first-order valence-electron chi connectivity index (χ1n) is 7.40. The summed E-state index contributed by atoms with van der Waals surface area (Å²) >= 11 is 0. The zero-order valence-corrected chi connectivity index (χ0v) is 12.4. The van der Waals surface area contributed by atoms with Crippen LogP contribution in [0, 0.1) is 0 Å². The molecule has 1 N–H and O–H groups in total. The van der Waals surface area contributed by atoms with Gasteiger partial charge >= 0.3 is 5.97 Å². The van der Waals surface area contributed by atoms with Crippen LogP contribution in [0.3, 0.4) is 0 Å². The third-order valence-corrected chi connectivity index (χ3v) is 4.27. The lowest BCUT2D eigenvalue weighted by Crippen LogP contribution is -2.56. The van der Waals surface area contributed by atoms with Crippen LogP contribution in [0.2, 0.25) is 0 Å². The Morgan fingerprint density at radius 3 is 2.74 bits per heavy atom. The molecule has 110 valence electrons. The van der Waals surface area contributed by atoms with Crippen molar-refractivity contribution in [3.05, 3.63) is 0 Å². The number of nitrogens with one attached hydrogen (secondary N) is 1. The van der Waals surface area contributed by atoms with Crippen molar-refractivity contribution >= 4 is 5.97 Å². The second-order valence-electron chi connectivity index (χ2n) is 5.82. The van der Waals surface area contributed by atoms with Gasteiger partial charge in [-0.25, -0.2) is 0 Å². The molecule has 2 aliphatic rings. The largest absolute Gasteiger partial charge is 0.468 e. The Labute approximate surface area is 116 Å². The lowest BCUT2D eigenvalue weighted by molar-refractivity contribution is -0.144. The Morgan fingerprint density at radius 1 is 1.42 bits per heavy atom. The summed E-state index contributed by atoms with van der Waals surface area (Å²) in [6.07, 6.45) is 3.54. The molecular weight excluding hydrogens is 242 g/mol. The maximum Gasteiger partial charge on any atom is 0.324 e. The van der Waals surface area contributed by atoms with Gasteiger partial charge in [0.2, 0.25) is 0 Å². The van der Waals surface area contributed by atoms with Gasteiger partial charge in [0.15, 0.2) is 0 Å². The number of hydrogen-bond acceptors (Lipinski definition) is 5. The molecule has 2 atom stereocenters. The van der Waals surface area contributed by atoms with Crippen LogP contribution in [0.4, 0.5) is 0 Å². The second kappa shape index (κ2) is 6.68. The molecule has 2 unspecified atom stereocenters. The zero-order chi connectivity index (χ0) is 13.8. The van der Waals surface area contributed by atoms with E-state index in [1.807, 2.05) is 0 Å². The van der Waals surface area contributed by atoms with Crippen LogP contribution >= 0.6 is 0 Å². The average Bonchev–Trinajstić information content (AvgIpc) is 3.23. The average molecular weight is 269 g/mol. The van der Waals surface area contributed by atoms with Gasteiger partial charge in [-0.1, -0.05) is 6.92 Å². The molecule has 19 heavy (non-hydrogen) atoms. The van der Waals surface area contributed by atoms with E-state index in [0.29, 0.717) is 12.1 Å². The lowest BCUT2D eigenvalue weighted by Gasteiger charge is -2.40. The van der Waals surface area contributed by atoms with Gasteiger partial charge in [0.05, 0.1) is 7.11 Å². The molecular formula is C14H27N3O2. The van der Waals surface area contributed by atoms with E-state index < -0.39 is 0 Å². The Bertz CT molecular complexity index is 307. The third-order valence-electron chi connectivity index (χ3n) is 4.27. The van der Waals surface area contributed by atoms with Crippen LogP contribution in [0.5, 0.6) is 0 Å². The van der Waals surface area contributed by atoms with Gasteiger partial charge in [-0.3, -0.25) is 9.69 Å². The van der Waals surface area contributed by atoms with Crippen LogP contribution in [0.1, 0.15) is 26.2 Å². The van der Waals surface area contributed by atoms with Gasteiger partial charge in [0.1, 0.15) is 6.04 Å². The predicted octanol–water partition coefficient (Wildman–Crippen LogP) is 0.306. The van der Waals surface area contributed by atoms with Crippen molar-refractivity contribution < 1.29 is 9.53 Å². The van der Waals surface area contributed by atoms with E-state index in [4.69, 9.17) is 4.74 Å². The molecule has 0 aromatic heterocycles. The zero-order valence-electron chi connectivity index (χ0n) is 12.4. The molecule has 1 aliphatic carbocycles. The molecule has 0 amide bonds. The number of carbonyl (C=O) groups excluding carboxylic acids is 1. The highest BCUT2D eigenvalue weighted by atomic mass is 16.5. The molecule has 5 heteroatoms. The van der Waals surface area contributed by atoms with Gasteiger partial charge in [0, 0.05) is 38.3 Å². The summed E-state index contributed by atoms with van der Waals surface area (Å²) in [5.74, 6) is -0.126. The van der Waals surface area contributed by atoms with E-state index in [0.717, 1.165) is 32.6 Å². The van der Waals surface area contributed by atoms with E-state index in [9.17, 15) is 4.79 Å². The highest BCUT2D eigenvalue weighted by Gasteiger charge is 2.32. The van der Waals surface area contributed by atoms with E-state index in [-0.39, 0.29) is 12.0 Å². The SMILES string of the molecule is CCC1CN(CC(NC2CC2)C(=O)OC)CCN1C. The summed E-state index contributed by atoms with van der Waals surface area (Å²) in [5, 5.41) is 3.40. The minimum absolute atomic E-state index is 0.126. The van der Waals surface area contributed by atoms with Gasteiger partial charge in [-0.05, 0) is 26.3 Å². The normalized spacial score (nSPS) is 27.2. The second-order valence-corrected chi connectivity index (χ2v) is 5.82. The molecule has 1 saturated heterocycles. The Hall–Kier alpha value is -0.650. The lowest BCUT2D eigenvalue weighted by atomic mass is 10.1. The molecule has 1 heterocycles. The van der Waals surface area contributed by atoms with E-state index >= 15 is 0 Å². The highest BCUT2D eigenvalue weighted by Crippen LogP contribution is 2.20. The summed E-state index contributed by atoms with van der Waals surface area (Å²) in [4.78, 5) is 16.7.